The van der Waals surface area contributed by atoms with Gasteiger partial charge in [-0.25, -0.2) is 4.79 Å². The lowest BCUT2D eigenvalue weighted by atomic mass is 10.0. The summed E-state index contributed by atoms with van der Waals surface area (Å²) in [6, 6.07) is 14.8. The molecule has 8 amide bonds. The summed E-state index contributed by atoms with van der Waals surface area (Å²) in [5.74, 6) is -8.82. The van der Waals surface area contributed by atoms with Crippen LogP contribution in [-0.4, -0.2) is 131 Å². The molecule has 3 aromatic carbocycles. The predicted octanol–water partition coefficient (Wildman–Crippen LogP) is -2.67. The first-order valence-electron chi connectivity index (χ1n) is 22.1. The summed E-state index contributed by atoms with van der Waals surface area (Å²) in [5.41, 5.74) is 24.1. The SMILES string of the molecule is CC(NC(=O)C(CC(N)=O)NC(=O)C(Cc1ccccc1)NC(=O)C(Cc1ccccc1)NC(=O)C(CCCN=C(N)N)NC(=O)C(N)CS)C(=O)NC(Cc1ccccc1)C(=O)NC(CS)C(=O)O. The third-order valence-corrected chi connectivity index (χ3v) is 11.2. The van der Waals surface area contributed by atoms with Crippen LogP contribution in [0.4, 0.5) is 0 Å². The highest BCUT2D eigenvalue weighted by molar-refractivity contribution is 7.80. The molecule has 0 radical (unpaired) electrons. The fourth-order valence-electron chi connectivity index (χ4n) is 6.67. The van der Waals surface area contributed by atoms with Gasteiger partial charge >= 0.3 is 5.97 Å². The van der Waals surface area contributed by atoms with Gasteiger partial charge in [0, 0.05) is 37.3 Å². The van der Waals surface area contributed by atoms with Crippen molar-refractivity contribution in [3.63, 3.8) is 0 Å². The summed E-state index contributed by atoms with van der Waals surface area (Å²) in [7, 11) is 0. The van der Waals surface area contributed by atoms with Crippen molar-refractivity contribution in [2.75, 3.05) is 18.1 Å². The van der Waals surface area contributed by atoms with E-state index in [1.54, 1.807) is 91.0 Å². The summed E-state index contributed by atoms with van der Waals surface area (Å²) in [6.07, 6.45) is -0.785. The number of rotatable bonds is 29. The number of carboxylic acid groups (broad SMARTS) is 1. The normalized spacial score (nSPS) is 14.2. The van der Waals surface area contributed by atoms with Crippen molar-refractivity contribution in [3.8, 4) is 0 Å². The second kappa shape index (κ2) is 29.7. The summed E-state index contributed by atoms with van der Waals surface area (Å²) in [5, 5.41) is 27.2. The minimum atomic E-state index is -1.70. The molecule has 22 nitrogen and oxygen atoms in total. The molecule has 0 spiro atoms. The molecule has 16 N–H and O–H groups in total. The highest BCUT2D eigenvalue weighted by Gasteiger charge is 2.34. The lowest BCUT2D eigenvalue weighted by Gasteiger charge is -2.27. The van der Waals surface area contributed by atoms with Gasteiger partial charge in [-0.15, -0.1) is 0 Å². The number of nitrogens with two attached hydrogens (primary N) is 4. The Morgan fingerprint density at radius 3 is 1.27 bits per heavy atom. The number of benzene rings is 3. The third kappa shape index (κ3) is 20.2. The van der Waals surface area contributed by atoms with Crippen LogP contribution in [0, 0.1) is 0 Å². The van der Waals surface area contributed by atoms with Crippen LogP contribution in [0.25, 0.3) is 0 Å². The standard InChI is InChI=1S/C46H62N12O10S2/c1-26(38(60)54-32(20-27-12-5-2-6-13-27)44(66)58-36(25-70)45(67)68)52-41(63)35(23-37(48)59)57-43(65)34(22-29-16-9-4-10-17-29)56-42(64)33(21-28-14-7-3-8-15-28)55-40(62)31(18-11-19-51-46(49)50)53-39(61)30(47)24-69/h2-10,12-17,26,30-36,69-70H,11,18-25,47H2,1H3,(H2,48,59)(H,52,63)(H,53,61)(H,54,60)(H,55,62)(H,56,64)(H,57,65)(H,58,66)(H,67,68)(H4,49,50,51). The molecule has 378 valence electrons. The van der Waals surface area contributed by atoms with Crippen LogP contribution in [-0.2, 0) is 62.4 Å². The zero-order chi connectivity index (χ0) is 51.8. The summed E-state index contributed by atoms with van der Waals surface area (Å²) < 4.78 is 0. The van der Waals surface area contributed by atoms with Gasteiger partial charge in [0.1, 0.15) is 42.3 Å². The van der Waals surface area contributed by atoms with E-state index in [0.29, 0.717) is 16.7 Å². The van der Waals surface area contributed by atoms with Crippen molar-refractivity contribution in [1.82, 2.24) is 37.2 Å². The van der Waals surface area contributed by atoms with E-state index in [9.17, 15) is 48.3 Å². The number of guanidine groups is 1. The molecule has 0 heterocycles. The number of hydrogen-bond donors (Lipinski definition) is 14. The summed E-state index contributed by atoms with van der Waals surface area (Å²) in [4.78, 5) is 124. The minimum absolute atomic E-state index is 0.0286. The van der Waals surface area contributed by atoms with Crippen molar-refractivity contribution in [3.05, 3.63) is 108 Å². The first kappa shape index (κ1) is 57.1. The second-order valence-electron chi connectivity index (χ2n) is 16.1. The van der Waals surface area contributed by atoms with Crippen molar-refractivity contribution in [2.24, 2.45) is 27.9 Å². The number of nitrogens with one attached hydrogen (secondary N) is 7. The van der Waals surface area contributed by atoms with Gasteiger partial charge in [0.2, 0.25) is 47.3 Å². The Bertz CT molecular complexity index is 2280. The Hall–Kier alpha value is -7.18. The lowest BCUT2D eigenvalue weighted by molar-refractivity contribution is -0.141. The largest absolute Gasteiger partial charge is 0.480 e. The molecule has 8 atom stereocenters. The van der Waals surface area contributed by atoms with Gasteiger partial charge in [0.15, 0.2) is 5.96 Å². The predicted molar refractivity (Wildman–Crippen MR) is 267 cm³/mol. The molecular formula is C46H62N12O10S2. The number of primary amides is 1. The van der Waals surface area contributed by atoms with Crippen LogP contribution in [0.5, 0.6) is 0 Å². The summed E-state index contributed by atoms with van der Waals surface area (Å²) in [6.45, 7) is 1.39. The maximum Gasteiger partial charge on any atom is 0.327 e. The molecule has 24 heteroatoms. The van der Waals surface area contributed by atoms with Crippen molar-refractivity contribution < 1.29 is 48.3 Å². The molecule has 0 saturated heterocycles. The number of carboxylic acids is 1. The molecule has 0 saturated carbocycles. The average molecular weight is 1010 g/mol. The van der Waals surface area contributed by atoms with Crippen LogP contribution in [0.1, 0.15) is 42.9 Å². The van der Waals surface area contributed by atoms with Gasteiger partial charge in [0.25, 0.3) is 0 Å². The third-order valence-electron chi connectivity index (χ3n) is 10.4. The van der Waals surface area contributed by atoms with Crippen LogP contribution >= 0.6 is 25.3 Å². The van der Waals surface area contributed by atoms with Gasteiger partial charge in [-0.1, -0.05) is 91.0 Å². The van der Waals surface area contributed by atoms with E-state index in [2.05, 4.69) is 67.5 Å². The monoisotopic (exact) mass is 1010 g/mol. The van der Waals surface area contributed by atoms with Crippen LogP contribution in [0.15, 0.2) is 96.0 Å². The molecule has 70 heavy (non-hydrogen) atoms. The molecule has 0 aliphatic carbocycles. The maximum atomic E-state index is 14.4. The second-order valence-corrected chi connectivity index (χ2v) is 16.8. The topological polar surface area (TPSA) is 375 Å². The zero-order valence-electron chi connectivity index (χ0n) is 38.4. The Morgan fingerprint density at radius 1 is 0.514 bits per heavy atom. The smallest absolute Gasteiger partial charge is 0.327 e. The number of carbonyl (C=O) groups is 9. The highest BCUT2D eigenvalue weighted by atomic mass is 32.1. The van der Waals surface area contributed by atoms with Gasteiger partial charge < -0.3 is 65.3 Å². The Kier molecular flexibility index (Phi) is 24.2. The fourth-order valence-corrected chi connectivity index (χ4v) is 7.09. The quantitative estimate of drug-likeness (QED) is 0.0146. The number of amides is 8. The average Bonchev–Trinajstić information content (AvgIpc) is 3.33. The fraction of sp³-hybridized carbons (Fsp3) is 0.391. The van der Waals surface area contributed by atoms with Crippen molar-refractivity contribution in [2.45, 2.75) is 93.8 Å². The van der Waals surface area contributed by atoms with Crippen LogP contribution in [0.3, 0.4) is 0 Å². The van der Waals surface area contributed by atoms with E-state index < -0.39 is 108 Å². The van der Waals surface area contributed by atoms with Gasteiger partial charge in [-0.3, -0.25) is 43.3 Å². The number of aliphatic imine (C=N–C) groups is 1. The Balaban J connectivity index is 1.90. The van der Waals surface area contributed by atoms with Crippen LogP contribution in [0.2, 0.25) is 0 Å². The summed E-state index contributed by atoms with van der Waals surface area (Å²) >= 11 is 8.05. The Labute approximate surface area is 415 Å². The molecule has 0 aliphatic rings. The molecule has 0 aliphatic heterocycles. The lowest BCUT2D eigenvalue weighted by Crippen LogP contribution is -2.61. The molecule has 8 unspecified atom stereocenters. The molecule has 0 bridgehead atoms. The first-order valence-corrected chi connectivity index (χ1v) is 23.4. The number of thiol groups is 2. The van der Waals surface area contributed by atoms with Gasteiger partial charge in [-0.2, -0.15) is 25.3 Å². The molecule has 0 fully saturated rings. The molecule has 0 aromatic heterocycles. The highest BCUT2D eigenvalue weighted by Crippen LogP contribution is 2.11. The Morgan fingerprint density at radius 2 is 0.886 bits per heavy atom. The number of hydrogen-bond acceptors (Lipinski definition) is 13. The molecular weight excluding hydrogens is 945 g/mol. The van der Waals surface area contributed by atoms with Crippen molar-refractivity contribution in [1.29, 1.82) is 0 Å². The number of nitrogens with zero attached hydrogens (tertiary/aromatic N) is 1. The van der Waals surface area contributed by atoms with E-state index in [-0.39, 0.29) is 56.1 Å². The van der Waals surface area contributed by atoms with E-state index >= 15 is 0 Å². The maximum absolute atomic E-state index is 14.4. The van der Waals surface area contributed by atoms with E-state index in [1.807, 2.05) is 0 Å². The zero-order valence-corrected chi connectivity index (χ0v) is 40.2. The number of carbonyl (C=O) groups excluding carboxylic acids is 8. The molecule has 3 aromatic rings. The number of aliphatic carboxylic acids is 1. The van der Waals surface area contributed by atoms with Crippen molar-refractivity contribution >= 4 is 84.4 Å². The van der Waals surface area contributed by atoms with Gasteiger partial charge in [0.05, 0.1) is 12.5 Å². The van der Waals surface area contributed by atoms with E-state index in [4.69, 9.17) is 22.9 Å². The first-order chi connectivity index (χ1) is 33.3. The van der Waals surface area contributed by atoms with E-state index in [0.717, 1.165) is 0 Å². The van der Waals surface area contributed by atoms with Crippen LogP contribution < -0.4 is 60.2 Å². The minimum Gasteiger partial charge on any atom is -0.480 e. The molecule has 3 rings (SSSR count). The van der Waals surface area contributed by atoms with E-state index in [1.165, 1.54) is 6.92 Å². The van der Waals surface area contributed by atoms with Gasteiger partial charge in [-0.05, 0) is 36.5 Å².